The summed E-state index contributed by atoms with van der Waals surface area (Å²) in [7, 11) is 1.64. The molecule has 0 aliphatic rings. The third-order valence-corrected chi connectivity index (χ3v) is 5.61. The number of amides is 1. The minimum Gasteiger partial charge on any atom is -0.497 e. The van der Waals surface area contributed by atoms with Crippen LogP contribution in [0.3, 0.4) is 0 Å². The topological polar surface area (TPSA) is 56.1 Å². The molecule has 2 aromatic carbocycles. The zero-order valence-corrected chi connectivity index (χ0v) is 17.3. The van der Waals surface area contributed by atoms with E-state index >= 15 is 0 Å². The molecule has 5 nitrogen and oxygen atoms in total. The molecule has 6 heteroatoms. The van der Waals surface area contributed by atoms with Gasteiger partial charge >= 0.3 is 0 Å². The molecule has 146 valence electrons. The van der Waals surface area contributed by atoms with Gasteiger partial charge in [0.1, 0.15) is 5.75 Å². The first kappa shape index (κ1) is 20.0. The lowest BCUT2D eigenvalue weighted by molar-refractivity contribution is -0.118. The molecule has 1 N–H and O–H groups in total. The molecule has 0 saturated heterocycles. The Morgan fingerprint density at radius 1 is 1.11 bits per heavy atom. The second kappa shape index (κ2) is 9.46. The minimum absolute atomic E-state index is 0.00966. The largest absolute Gasteiger partial charge is 0.497 e. The van der Waals surface area contributed by atoms with E-state index in [2.05, 4.69) is 29.5 Å². The first-order chi connectivity index (χ1) is 13.6. The first-order valence-corrected chi connectivity index (χ1v) is 10.2. The van der Waals surface area contributed by atoms with Gasteiger partial charge in [0.25, 0.3) is 0 Å². The SMILES string of the molecule is COc1ccc(SCC(=O)NCc2c(C)nn(Cc3ccccc3)c2C)cc1. The molecule has 0 aliphatic carbocycles. The molecular formula is C22H25N3O2S. The summed E-state index contributed by atoms with van der Waals surface area (Å²) in [5, 5.41) is 7.65. The third kappa shape index (κ3) is 5.16. The first-order valence-electron chi connectivity index (χ1n) is 9.17. The van der Waals surface area contributed by atoms with Crippen LogP contribution in [-0.4, -0.2) is 28.6 Å². The van der Waals surface area contributed by atoms with Gasteiger partial charge in [0.2, 0.25) is 5.91 Å². The van der Waals surface area contributed by atoms with Gasteiger partial charge in [-0.2, -0.15) is 5.10 Å². The Bertz CT molecular complexity index is 921. The highest BCUT2D eigenvalue weighted by Crippen LogP contribution is 2.21. The molecule has 28 heavy (non-hydrogen) atoms. The maximum absolute atomic E-state index is 12.2. The van der Waals surface area contributed by atoms with E-state index in [-0.39, 0.29) is 5.91 Å². The molecule has 3 rings (SSSR count). The maximum Gasteiger partial charge on any atom is 0.230 e. The number of carbonyl (C=O) groups excluding carboxylic acids is 1. The van der Waals surface area contributed by atoms with Crippen molar-refractivity contribution < 1.29 is 9.53 Å². The third-order valence-electron chi connectivity index (χ3n) is 4.60. The standard InChI is InChI=1S/C22H25N3O2S/c1-16-21(17(2)25(24-16)14-18-7-5-4-6-8-18)13-23-22(26)15-28-20-11-9-19(27-3)10-12-20/h4-12H,13-15H2,1-3H3,(H,23,26). The molecule has 0 spiro atoms. The molecule has 0 atom stereocenters. The van der Waals surface area contributed by atoms with E-state index < -0.39 is 0 Å². The fourth-order valence-corrected chi connectivity index (χ4v) is 3.69. The van der Waals surface area contributed by atoms with Crippen LogP contribution >= 0.6 is 11.8 Å². The summed E-state index contributed by atoms with van der Waals surface area (Å²) in [5.41, 5.74) is 4.33. The van der Waals surface area contributed by atoms with Gasteiger partial charge in [-0.1, -0.05) is 30.3 Å². The van der Waals surface area contributed by atoms with Gasteiger partial charge in [-0.25, -0.2) is 0 Å². The molecule has 0 aliphatic heterocycles. The number of nitrogens with one attached hydrogen (secondary N) is 1. The lowest BCUT2D eigenvalue weighted by atomic mass is 10.2. The van der Waals surface area contributed by atoms with Crippen LogP contribution in [0.25, 0.3) is 0 Å². The Hall–Kier alpha value is -2.73. The van der Waals surface area contributed by atoms with Crippen molar-refractivity contribution in [2.24, 2.45) is 0 Å². The van der Waals surface area contributed by atoms with Crippen molar-refractivity contribution in [3.05, 3.63) is 77.1 Å². The van der Waals surface area contributed by atoms with E-state index in [4.69, 9.17) is 4.74 Å². The van der Waals surface area contributed by atoms with E-state index in [0.717, 1.165) is 34.1 Å². The number of benzene rings is 2. The summed E-state index contributed by atoms with van der Waals surface area (Å²) in [6.45, 7) is 5.27. The minimum atomic E-state index is 0.00966. The summed E-state index contributed by atoms with van der Waals surface area (Å²) < 4.78 is 7.15. The highest BCUT2D eigenvalue weighted by Gasteiger charge is 2.13. The Balaban J connectivity index is 1.54. The van der Waals surface area contributed by atoms with Crippen molar-refractivity contribution in [2.75, 3.05) is 12.9 Å². The van der Waals surface area contributed by atoms with Crippen molar-refractivity contribution in [3.8, 4) is 5.75 Å². The molecule has 0 bridgehead atoms. The van der Waals surface area contributed by atoms with Gasteiger partial charge < -0.3 is 10.1 Å². The lowest BCUT2D eigenvalue weighted by Gasteiger charge is -2.08. The maximum atomic E-state index is 12.2. The van der Waals surface area contributed by atoms with E-state index in [9.17, 15) is 4.79 Å². The van der Waals surface area contributed by atoms with Gasteiger partial charge in [0.05, 0.1) is 25.1 Å². The average Bonchev–Trinajstić information content (AvgIpc) is 2.98. The Morgan fingerprint density at radius 2 is 1.82 bits per heavy atom. The second-order valence-corrected chi connectivity index (χ2v) is 7.58. The molecule has 0 radical (unpaired) electrons. The quantitative estimate of drug-likeness (QED) is 0.587. The predicted octanol–water partition coefficient (Wildman–Crippen LogP) is 3.97. The smallest absolute Gasteiger partial charge is 0.230 e. The van der Waals surface area contributed by atoms with Gasteiger partial charge in [0.15, 0.2) is 0 Å². The van der Waals surface area contributed by atoms with Crippen LogP contribution in [-0.2, 0) is 17.9 Å². The van der Waals surface area contributed by atoms with Crippen LogP contribution in [0.4, 0.5) is 0 Å². The van der Waals surface area contributed by atoms with Crippen molar-refractivity contribution in [1.82, 2.24) is 15.1 Å². The monoisotopic (exact) mass is 395 g/mol. The number of hydrogen-bond acceptors (Lipinski definition) is 4. The van der Waals surface area contributed by atoms with Gasteiger partial charge in [0, 0.05) is 22.7 Å². The van der Waals surface area contributed by atoms with Crippen LogP contribution in [0.1, 0.15) is 22.5 Å². The highest BCUT2D eigenvalue weighted by atomic mass is 32.2. The zero-order chi connectivity index (χ0) is 19.9. The summed E-state index contributed by atoms with van der Waals surface area (Å²) in [6.07, 6.45) is 0. The zero-order valence-electron chi connectivity index (χ0n) is 16.4. The van der Waals surface area contributed by atoms with E-state index in [1.54, 1.807) is 7.11 Å². The average molecular weight is 396 g/mol. The summed E-state index contributed by atoms with van der Waals surface area (Å²) in [4.78, 5) is 13.3. The summed E-state index contributed by atoms with van der Waals surface area (Å²) >= 11 is 1.51. The molecule has 0 saturated carbocycles. The number of hydrogen-bond donors (Lipinski definition) is 1. The number of rotatable bonds is 8. The van der Waals surface area contributed by atoms with Gasteiger partial charge in [-0.05, 0) is 43.7 Å². The molecular weight excluding hydrogens is 370 g/mol. The van der Waals surface area contributed by atoms with Crippen LogP contribution in [0.15, 0.2) is 59.5 Å². The predicted molar refractivity (Wildman–Crippen MR) is 113 cm³/mol. The van der Waals surface area contributed by atoms with Crippen molar-refractivity contribution in [3.63, 3.8) is 0 Å². The van der Waals surface area contributed by atoms with Gasteiger partial charge in [-0.15, -0.1) is 11.8 Å². The molecule has 1 amide bonds. The molecule has 1 aromatic heterocycles. The Kier molecular flexibility index (Phi) is 6.76. The number of thioether (sulfide) groups is 1. The van der Waals surface area contributed by atoms with E-state index in [0.29, 0.717) is 12.3 Å². The van der Waals surface area contributed by atoms with Crippen LogP contribution in [0, 0.1) is 13.8 Å². The van der Waals surface area contributed by atoms with Crippen LogP contribution < -0.4 is 10.1 Å². The number of carbonyl (C=O) groups is 1. The summed E-state index contributed by atoms with van der Waals surface area (Å²) in [6, 6.07) is 18.0. The number of nitrogens with zero attached hydrogens (tertiary/aromatic N) is 2. The highest BCUT2D eigenvalue weighted by molar-refractivity contribution is 8.00. The molecule has 3 aromatic rings. The number of aryl methyl sites for hydroxylation is 1. The lowest BCUT2D eigenvalue weighted by Crippen LogP contribution is -2.25. The van der Waals surface area contributed by atoms with E-state index in [1.165, 1.54) is 17.3 Å². The van der Waals surface area contributed by atoms with Crippen LogP contribution in [0.5, 0.6) is 5.75 Å². The Morgan fingerprint density at radius 3 is 2.50 bits per heavy atom. The number of methoxy groups -OCH3 is 1. The van der Waals surface area contributed by atoms with E-state index in [1.807, 2.05) is 54.1 Å². The summed E-state index contributed by atoms with van der Waals surface area (Å²) in [5.74, 6) is 1.20. The fourth-order valence-electron chi connectivity index (χ4n) is 2.96. The van der Waals surface area contributed by atoms with Crippen molar-refractivity contribution in [2.45, 2.75) is 31.8 Å². The molecule has 0 fully saturated rings. The Labute approximate surface area is 170 Å². The van der Waals surface area contributed by atoms with Crippen LogP contribution in [0.2, 0.25) is 0 Å². The van der Waals surface area contributed by atoms with Crippen molar-refractivity contribution >= 4 is 17.7 Å². The second-order valence-electron chi connectivity index (χ2n) is 6.53. The number of ether oxygens (including phenoxy) is 1. The van der Waals surface area contributed by atoms with Crippen molar-refractivity contribution in [1.29, 1.82) is 0 Å². The fraction of sp³-hybridized carbons (Fsp3) is 0.273. The number of aromatic nitrogens is 2. The molecule has 0 unspecified atom stereocenters. The normalized spacial score (nSPS) is 10.7. The van der Waals surface area contributed by atoms with Gasteiger partial charge in [-0.3, -0.25) is 9.48 Å². The molecule has 1 heterocycles.